The molecule has 0 aliphatic heterocycles. The lowest BCUT2D eigenvalue weighted by atomic mass is 9.99. The van der Waals surface area contributed by atoms with Gasteiger partial charge in [0.05, 0.1) is 0 Å². The van der Waals surface area contributed by atoms with Gasteiger partial charge in [-0.25, -0.2) is 4.98 Å². The van der Waals surface area contributed by atoms with Crippen LogP contribution in [0.5, 0.6) is 0 Å². The van der Waals surface area contributed by atoms with E-state index in [-0.39, 0.29) is 5.76 Å². The van der Waals surface area contributed by atoms with E-state index >= 15 is 0 Å². The molecule has 2 heterocycles. The van der Waals surface area contributed by atoms with E-state index in [2.05, 4.69) is 42.2 Å². The average molecular weight is 302 g/mol. The Morgan fingerprint density at radius 2 is 2.04 bits per heavy atom. The number of aliphatic hydroxyl groups excluding tert-OH is 1. The molecule has 0 fully saturated rings. The maximum Gasteiger partial charge on any atom is 0.137 e. The van der Waals surface area contributed by atoms with Crippen LogP contribution in [0.15, 0.2) is 73.8 Å². The van der Waals surface area contributed by atoms with Crippen molar-refractivity contribution >= 4 is 16.6 Å². The molecule has 0 saturated carbocycles. The van der Waals surface area contributed by atoms with E-state index in [0.29, 0.717) is 5.57 Å². The van der Waals surface area contributed by atoms with Crippen molar-refractivity contribution in [3.8, 4) is 11.1 Å². The lowest BCUT2D eigenvalue weighted by molar-refractivity contribution is 0.433. The van der Waals surface area contributed by atoms with Crippen molar-refractivity contribution in [3.05, 3.63) is 84.9 Å². The maximum atomic E-state index is 9.59. The predicted molar refractivity (Wildman–Crippen MR) is 96.2 cm³/mol. The second-order valence-electron chi connectivity index (χ2n) is 5.44. The third-order valence-electron chi connectivity index (χ3n) is 3.87. The third-order valence-corrected chi connectivity index (χ3v) is 3.87. The zero-order chi connectivity index (χ0) is 16.4. The van der Waals surface area contributed by atoms with Gasteiger partial charge >= 0.3 is 0 Å². The van der Waals surface area contributed by atoms with Crippen LogP contribution in [-0.4, -0.2) is 15.1 Å². The van der Waals surface area contributed by atoms with Crippen molar-refractivity contribution in [3.63, 3.8) is 0 Å². The summed E-state index contributed by atoms with van der Waals surface area (Å²) in [7, 11) is 0. The number of allylic oxidation sites excluding steroid dienone is 3. The first-order chi connectivity index (χ1) is 11.1. The first-order valence-electron chi connectivity index (χ1n) is 7.35. The van der Waals surface area contributed by atoms with Crippen molar-refractivity contribution in [1.29, 1.82) is 0 Å². The SMILES string of the molecule is C=C/C(O)=C\C(=C)c1cnc2[nH]cc(-c3ccccc3C)c2c1. The highest BCUT2D eigenvalue weighted by Gasteiger charge is 2.10. The fourth-order valence-electron chi connectivity index (χ4n) is 2.60. The molecule has 1 aromatic carbocycles. The lowest BCUT2D eigenvalue weighted by Gasteiger charge is -2.05. The molecule has 0 spiro atoms. The second kappa shape index (κ2) is 5.97. The molecule has 0 bridgehead atoms. The number of fused-ring (bicyclic) bond motifs is 1. The summed E-state index contributed by atoms with van der Waals surface area (Å²) in [6, 6.07) is 10.3. The molecule has 0 amide bonds. The molecule has 0 atom stereocenters. The molecular formula is C20H18N2O. The van der Waals surface area contributed by atoms with Gasteiger partial charge in [-0.2, -0.15) is 0 Å². The number of nitrogens with zero attached hydrogens (tertiary/aromatic N) is 1. The largest absolute Gasteiger partial charge is 0.508 e. The number of pyridine rings is 1. The number of benzene rings is 1. The standard InChI is InChI=1S/C20H18N2O/c1-4-16(23)9-14(3)15-10-18-19(12-22-20(18)21-11-15)17-8-6-5-7-13(17)2/h4-12,23H,1,3H2,2H3,(H,21,22)/b16-9+. The smallest absolute Gasteiger partial charge is 0.137 e. The van der Waals surface area contributed by atoms with E-state index in [9.17, 15) is 5.11 Å². The Morgan fingerprint density at radius 1 is 1.26 bits per heavy atom. The van der Waals surface area contributed by atoms with Gasteiger partial charge < -0.3 is 10.1 Å². The number of rotatable bonds is 4. The first kappa shape index (κ1) is 14.9. The van der Waals surface area contributed by atoms with Gasteiger partial charge in [0.15, 0.2) is 0 Å². The van der Waals surface area contributed by atoms with Gasteiger partial charge in [0.2, 0.25) is 0 Å². The molecule has 0 unspecified atom stereocenters. The molecule has 114 valence electrons. The minimum Gasteiger partial charge on any atom is -0.508 e. The average Bonchev–Trinajstić information content (AvgIpc) is 2.98. The van der Waals surface area contributed by atoms with Crippen LogP contribution in [-0.2, 0) is 0 Å². The number of H-pyrrole nitrogens is 1. The van der Waals surface area contributed by atoms with Crippen LogP contribution in [0.25, 0.3) is 27.7 Å². The zero-order valence-corrected chi connectivity index (χ0v) is 13.0. The summed E-state index contributed by atoms with van der Waals surface area (Å²) in [5.74, 6) is 0.0864. The molecule has 23 heavy (non-hydrogen) atoms. The fourth-order valence-corrected chi connectivity index (χ4v) is 2.60. The summed E-state index contributed by atoms with van der Waals surface area (Å²) >= 11 is 0. The molecular weight excluding hydrogens is 284 g/mol. The van der Waals surface area contributed by atoms with Crippen molar-refractivity contribution in [2.45, 2.75) is 6.92 Å². The normalized spacial score (nSPS) is 11.6. The van der Waals surface area contributed by atoms with Crippen LogP contribution in [0, 0.1) is 6.92 Å². The number of aromatic nitrogens is 2. The molecule has 3 nitrogen and oxygen atoms in total. The van der Waals surface area contributed by atoms with Gasteiger partial charge in [0.1, 0.15) is 11.4 Å². The molecule has 0 radical (unpaired) electrons. The third kappa shape index (κ3) is 2.81. The van der Waals surface area contributed by atoms with E-state index in [1.165, 1.54) is 17.2 Å². The van der Waals surface area contributed by atoms with Crippen LogP contribution in [0.4, 0.5) is 0 Å². The summed E-state index contributed by atoms with van der Waals surface area (Å²) in [6.07, 6.45) is 6.68. The van der Waals surface area contributed by atoms with Crippen LogP contribution in [0.3, 0.4) is 0 Å². The maximum absolute atomic E-state index is 9.59. The minimum atomic E-state index is 0.0864. The topological polar surface area (TPSA) is 48.9 Å². The first-order valence-corrected chi connectivity index (χ1v) is 7.35. The Hall–Kier alpha value is -3.07. The Morgan fingerprint density at radius 3 is 2.78 bits per heavy atom. The molecule has 3 rings (SSSR count). The molecule has 0 saturated heterocycles. The highest BCUT2D eigenvalue weighted by molar-refractivity contribution is 5.96. The summed E-state index contributed by atoms with van der Waals surface area (Å²) in [4.78, 5) is 7.67. The van der Waals surface area contributed by atoms with Crippen LogP contribution in [0.2, 0.25) is 0 Å². The molecule has 0 aliphatic rings. The van der Waals surface area contributed by atoms with E-state index in [1.807, 2.05) is 24.4 Å². The number of aliphatic hydroxyl groups is 1. The number of nitrogens with one attached hydrogen (secondary N) is 1. The Balaban J connectivity index is 2.13. The van der Waals surface area contributed by atoms with Gasteiger partial charge in [-0.3, -0.25) is 0 Å². The minimum absolute atomic E-state index is 0.0864. The Bertz CT molecular complexity index is 932. The van der Waals surface area contributed by atoms with Crippen molar-refractivity contribution in [2.75, 3.05) is 0 Å². The Labute approximate surface area is 135 Å². The van der Waals surface area contributed by atoms with Gasteiger partial charge in [-0.1, -0.05) is 37.4 Å². The number of aromatic amines is 1. The molecule has 3 heteroatoms. The fraction of sp³-hybridized carbons (Fsp3) is 0.0500. The highest BCUT2D eigenvalue weighted by Crippen LogP contribution is 2.31. The van der Waals surface area contributed by atoms with Gasteiger partial charge in [0, 0.05) is 28.9 Å². The highest BCUT2D eigenvalue weighted by atomic mass is 16.3. The van der Waals surface area contributed by atoms with Gasteiger partial charge in [-0.05, 0) is 41.8 Å². The summed E-state index contributed by atoms with van der Waals surface area (Å²) in [5, 5.41) is 10.6. The Kier molecular flexibility index (Phi) is 3.85. The van der Waals surface area contributed by atoms with Crippen LogP contribution < -0.4 is 0 Å². The van der Waals surface area contributed by atoms with Gasteiger partial charge in [0.25, 0.3) is 0 Å². The van der Waals surface area contributed by atoms with Crippen LogP contribution >= 0.6 is 0 Å². The molecule has 3 aromatic rings. The summed E-state index contributed by atoms with van der Waals surface area (Å²) < 4.78 is 0. The van der Waals surface area contributed by atoms with Gasteiger partial charge in [-0.15, -0.1) is 0 Å². The monoisotopic (exact) mass is 302 g/mol. The van der Waals surface area contributed by atoms with E-state index in [4.69, 9.17) is 0 Å². The van der Waals surface area contributed by atoms with Crippen LogP contribution in [0.1, 0.15) is 11.1 Å². The predicted octanol–water partition coefficient (Wildman–Crippen LogP) is 5.18. The number of hydrogen-bond donors (Lipinski definition) is 2. The van der Waals surface area contributed by atoms with Crippen molar-refractivity contribution < 1.29 is 5.11 Å². The molecule has 2 N–H and O–H groups in total. The van der Waals surface area contributed by atoms with E-state index in [1.54, 1.807) is 12.3 Å². The van der Waals surface area contributed by atoms with Crippen molar-refractivity contribution in [2.24, 2.45) is 0 Å². The molecule has 0 aliphatic carbocycles. The zero-order valence-electron chi connectivity index (χ0n) is 13.0. The summed E-state index contributed by atoms with van der Waals surface area (Å²) in [5.41, 5.74) is 5.87. The number of aryl methyl sites for hydroxylation is 1. The quantitative estimate of drug-likeness (QED) is 0.515. The van der Waals surface area contributed by atoms with E-state index < -0.39 is 0 Å². The van der Waals surface area contributed by atoms with E-state index in [0.717, 1.165) is 22.2 Å². The lowest BCUT2D eigenvalue weighted by Crippen LogP contribution is -1.86. The second-order valence-corrected chi connectivity index (χ2v) is 5.44. The van der Waals surface area contributed by atoms with Crippen molar-refractivity contribution in [1.82, 2.24) is 9.97 Å². The number of hydrogen-bond acceptors (Lipinski definition) is 2. The summed E-state index contributed by atoms with van der Waals surface area (Å²) in [6.45, 7) is 9.61. The molecule has 2 aromatic heterocycles.